The Hall–Kier alpha value is -1.41. The van der Waals surface area contributed by atoms with Gasteiger partial charge in [-0.1, -0.05) is 18.2 Å². The molecule has 0 spiro atoms. The van der Waals surface area contributed by atoms with E-state index in [1.54, 1.807) is 0 Å². The van der Waals surface area contributed by atoms with Crippen LogP contribution in [0.5, 0.6) is 0 Å². The number of benzene rings is 1. The van der Waals surface area contributed by atoms with Gasteiger partial charge in [-0.25, -0.2) is 0 Å². The van der Waals surface area contributed by atoms with Crippen molar-refractivity contribution in [2.75, 3.05) is 0 Å². The zero-order chi connectivity index (χ0) is 12.8. The maximum atomic E-state index is 10.5. The summed E-state index contributed by atoms with van der Waals surface area (Å²) < 4.78 is 0. The first kappa shape index (κ1) is 11.7. The maximum Gasteiger partial charge on any atom is 0.0850 e. The van der Waals surface area contributed by atoms with Crippen molar-refractivity contribution in [3.05, 3.63) is 41.1 Å². The van der Waals surface area contributed by atoms with Crippen molar-refractivity contribution in [3.63, 3.8) is 0 Å². The van der Waals surface area contributed by atoms with E-state index in [0.717, 1.165) is 29.3 Å². The number of hydrogen-bond donors (Lipinski definition) is 1. The maximum absolute atomic E-state index is 10.5. The first-order valence-corrected chi connectivity index (χ1v) is 6.71. The Morgan fingerprint density at radius 3 is 2.61 bits per heavy atom. The van der Waals surface area contributed by atoms with Crippen molar-refractivity contribution in [1.82, 2.24) is 4.98 Å². The summed E-state index contributed by atoms with van der Waals surface area (Å²) in [4.78, 5) is 4.78. The first-order chi connectivity index (χ1) is 8.57. The fourth-order valence-corrected chi connectivity index (χ4v) is 3.07. The Kier molecular flexibility index (Phi) is 2.63. The molecule has 1 aliphatic carbocycles. The summed E-state index contributed by atoms with van der Waals surface area (Å²) in [7, 11) is 0. The molecule has 0 fully saturated rings. The van der Waals surface area contributed by atoms with Crippen LogP contribution in [-0.4, -0.2) is 10.1 Å². The van der Waals surface area contributed by atoms with Crippen LogP contribution in [0.2, 0.25) is 0 Å². The van der Waals surface area contributed by atoms with Gasteiger partial charge < -0.3 is 5.11 Å². The molecule has 0 bridgehead atoms. The molecule has 0 amide bonds. The van der Waals surface area contributed by atoms with E-state index in [1.807, 2.05) is 32.0 Å². The molecular weight excluding hydrogens is 222 g/mol. The summed E-state index contributed by atoms with van der Waals surface area (Å²) in [5, 5.41) is 11.6. The minimum absolute atomic E-state index is 0.802. The summed E-state index contributed by atoms with van der Waals surface area (Å²) in [6.07, 6.45) is 4.51. The quantitative estimate of drug-likeness (QED) is 0.830. The molecule has 1 aromatic carbocycles. The fourth-order valence-electron chi connectivity index (χ4n) is 3.07. The minimum atomic E-state index is -0.802. The van der Waals surface area contributed by atoms with Gasteiger partial charge in [0.25, 0.3) is 0 Å². The highest BCUT2D eigenvalue weighted by atomic mass is 16.3. The first-order valence-electron chi connectivity index (χ1n) is 6.71. The molecule has 2 aromatic rings. The van der Waals surface area contributed by atoms with Crippen molar-refractivity contribution in [1.29, 1.82) is 0 Å². The molecule has 0 saturated carbocycles. The van der Waals surface area contributed by atoms with Crippen molar-refractivity contribution in [2.24, 2.45) is 0 Å². The second-order valence-electron chi connectivity index (χ2n) is 5.70. The van der Waals surface area contributed by atoms with Crippen LogP contribution in [0.3, 0.4) is 0 Å². The van der Waals surface area contributed by atoms with Gasteiger partial charge in [0.15, 0.2) is 0 Å². The van der Waals surface area contributed by atoms with Crippen molar-refractivity contribution < 1.29 is 5.11 Å². The standard InChI is InChI=1S/C16H19NO/c1-16(2,18)15-11-7-3-5-9-13(11)17-14-10-6-4-8-12(14)15/h3,5,7,9,18H,4,6,8,10H2,1-2H3. The SMILES string of the molecule is CC(C)(O)c1c2c(nc3ccccc13)CCCC2. The molecule has 1 heterocycles. The lowest BCUT2D eigenvalue weighted by molar-refractivity contribution is 0.0789. The van der Waals surface area contributed by atoms with E-state index in [2.05, 4.69) is 6.07 Å². The fraction of sp³-hybridized carbons (Fsp3) is 0.438. The van der Waals surface area contributed by atoms with Gasteiger partial charge in [-0.2, -0.15) is 0 Å². The van der Waals surface area contributed by atoms with Gasteiger partial charge in [-0.3, -0.25) is 4.98 Å². The zero-order valence-electron chi connectivity index (χ0n) is 11.0. The van der Waals surface area contributed by atoms with Gasteiger partial charge >= 0.3 is 0 Å². The van der Waals surface area contributed by atoms with E-state index >= 15 is 0 Å². The number of hydrogen-bond acceptors (Lipinski definition) is 2. The highest BCUT2D eigenvalue weighted by Crippen LogP contribution is 2.35. The van der Waals surface area contributed by atoms with E-state index < -0.39 is 5.60 Å². The lowest BCUT2D eigenvalue weighted by Gasteiger charge is -2.27. The summed E-state index contributed by atoms with van der Waals surface area (Å²) in [6, 6.07) is 8.15. The lowest BCUT2D eigenvalue weighted by Crippen LogP contribution is -2.22. The molecule has 18 heavy (non-hydrogen) atoms. The molecule has 94 valence electrons. The van der Waals surface area contributed by atoms with Crippen LogP contribution in [0.1, 0.15) is 43.5 Å². The highest BCUT2D eigenvalue weighted by molar-refractivity contribution is 5.84. The van der Waals surface area contributed by atoms with Crippen LogP contribution < -0.4 is 0 Å². The lowest BCUT2D eigenvalue weighted by atomic mass is 9.83. The van der Waals surface area contributed by atoms with Crippen molar-refractivity contribution >= 4 is 10.9 Å². The van der Waals surface area contributed by atoms with E-state index in [1.165, 1.54) is 24.1 Å². The van der Waals surface area contributed by atoms with Gasteiger partial charge in [0, 0.05) is 11.1 Å². The number of fused-ring (bicyclic) bond motifs is 2. The van der Waals surface area contributed by atoms with Gasteiger partial charge in [-0.05, 0) is 56.7 Å². The second-order valence-corrected chi connectivity index (χ2v) is 5.70. The van der Waals surface area contributed by atoms with Gasteiger partial charge in [0.1, 0.15) is 0 Å². The molecule has 1 aromatic heterocycles. The van der Waals surface area contributed by atoms with Crippen LogP contribution in [0.15, 0.2) is 24.3 Å². The molecule has 1 N–H and O–H groups in total. The Morgan fingerprint density at radius 2 is 1.83 bits per heavy atom. The molecule has 0 saturated heterocycles. The second kappa shape index (κ2) is 4.06. The molecule has 0 radical (unpaired) electrons. The van der Waals surface area contributed by atoms with Crippen LogP contribution in [-0.2, 0) is 18.4 Å². The molecule has 2 nitrogen and oxygen atoms in total. The summed E-state index contributed by atoms with van der Waals surface area (Å²) in [6.45, 7) is 3.76. The van der Waals surface area contributed by atoms with Crippen LogP contribution in [0, 0.1) is 0 Å². The molecular formula is C16H19NO. The van der Waals surface area contributed by atoms with E-state index in [-0.39, 0.29) is 0 Å². The molecule has 1 aliphatic rings. The predicted molar refractivity (Wildman–Crippen MR) is 73.6 cm³/mol. The van der Waals surface area contributed by atoms with E-state index in [4.69, 9.17) is 4.98 Å². The Balaban J connectivity index is 2.40. The number of rotatable bonds is 1. The van der Waals surface area contributed by atoms with E-state index in [0.29, 0.717) is 0 Å². The average molecular weight is 241 g/mol. The zero-order valence-corrected chi connectivity index (χ0v) is 11.0. The molecule has 0 aliphatic heterocycles. The third kappa shape index (κ3) is 1.81. The Morgan fingerprint density at radius 1 is 1.11 bits per heavy atom. The molecule has 3 rings (SSSR count). The summed E-state index contributed by atoms with van der Waals surface area (Å²) >= 11 is 0. The smallest absolute Gasteiger partial charge is 0.0850 e. The molecule has 0 unspecified atom stereocenters. The highest BCUT2D eigenvalue weighted by Gasteiger charge is 2.27. The van der Waals surface area contributed by atoms with Gasteiger partial charge in [0.05, 0.1) is 11.1 Å². The minimum Gasteiger partial charge on any atom is -0.386 e. The summed E-state index contributed by atoms with van der Waals surface area (Å²) in [5.74, 6) is 0. The number of pyridine rings is 1. The number of aliphatic hydroxyl groups is 1. The third-order valence-electron chi connectivity index (χ3n) is 3.78. The van der Waals surface area contributed by atoms with Crippen LogP contribution in [0.25, 0.3) is 10.9 Å². The largest absolute Gasteiger partial charge is 0.386 e. The molecule has 0 atom stereocenters. The number of aryl methyl sites for hydroxylation is 1. The van der Waals surface area contributed by atoms with Crippen LogP contribution in [0.4, 0.5) is 0 Å². The average Bonchev–Trinajstić information content (AvgIpc) is 2.34. The Labute approximate surface area is 108 Å². The third-order valence-corrected chi connectivity index (χ3v) is 3.78. The number of aromatic nitrogens is 1. The van der Waals surface area contributed by atoms with Gasteiger partial charge in [0.2, 0.25) is 0 Å². The van der Waals surface area contributed by atoms with E-state index in [9.17, 15) is 5.11 Å². The normalized spacial score (nSPS) is 15.7. The monoisotopic (exact) mass is 241 g/mol. The molecule has 2 heteroatoms. The van der Waals surface area contributed by atoms with Gasteiger partial charge in [-0.15, -0.1) is 0 Å². The van der Waals surface area contributed by atoms with Crippen molar-refractivity contribution in [2.45, 2.75) is 45.1 Å². The number of para-hydroxylation sites is 1. The number of nitrogens with zero attached hydrogens (tertiary/aromatic N) is 1. The predicted octanol–water partition coefficient (Wildman–Crippen LogP) is 3.34. The topological polar surface area (TPSA) is 33.1 Å². The van der Waals surface area contributed by atoms with Crippen LogP contribution >= 0.6 is 0 Å². The summed E-state index contributed by atoms with van der Waals surface area (Å²) in [5.41, 5.74) is 3.77. The van der Waals surface area contributed by atoms with Crippen molar-refractivity contribution in [3.8, 4) is 0 Å². The Bertz CT molecular complexity index is 596.